The smallest absolute Gasteiger partial charge is 0.348 e. The summed E-state index contributed by atoms with van der Waals surface area (Å²) in [6.45, 7) is 8.13. The third kappa shape index (κ3) is 4.32. The molecular formula is C19H30N4O3. The molecule has 0 radical (unpaired) electrons. The van der Waals surface area contributed by atoms with Crippen molar-refractivity contribution >= 4 is 5.91 Å². The first kappa shape index (κ1) is 19.0. The first-order chi connectivity index (χ1) is 12.5. The predicted molar refractivity (Wildman–Crippen MR) is 98.9 cm³/mol. The Kier molecular flexibility index (Phi) is 6.09. The third-order valence-corrected chi connectivity index (χ3v) is 5.74. The van der Waals surface area contributed by atoms with Gasteiger partial charge in [-0.15, -0.1) is 0 Å². The van der Waals surface area contributed by atoms with Crippen LogP contribution in [-0.4, -0.2) is 69.7 Å². The molecule has 1 aromatic rings. The van der Waals surface area contributed by atoms with Crippen LogP contribution in [0.2, 0.25) is 0 Å². The zero-order valence-corrected chi connectivity index (χ0v) is 15.9. The van der Waals surface area contributed by atoms with Crippen molar-refractivity contribution in [1.82, 2.24) is 19.4 Å². The van der Waals surface area contributed by atoms with Crippen molar-refractivity contribution in [3.05, 3.63) is 27.9 Å². The highest BCUT2D eigenvalue weighted by atomic mass is 16.3. The summed E-state index contributed by atoms with van der Waals surface area (Å²) in [6.07, 6.45) is 3.78. The molecule has 1 N–H and O–H groups in total. The zero-order chi connectivity index (χ0) is 18.7. The Bertz CT molecular complexity index is 697. The highest BCUT2D eigenvalue weighted by molar-refractivity contribution is 5.76. The maximum Gasteiger partial charge on any atom is 0.348 e. The number of aryl methyl sites for hydroxylation is 2. The Hall–Kier alpha value is -1.73. The van der Waals surface area contributed by atoms with Crippen molar-refractivity contribution in [2.75, 3.05) is 39.3 Å². The highest BCUT2D eigenvalue weighted by Crippen LogP contribution is 2.25. The molecule has 26 heavy (non-hydrogen) atoms. The average Bonchev–Trinajstić information content (AvgIpc) is 3.02. The van der Waals surface area contributed by atoms with Gasteiger partial charge in [-0.2, -0.15) is 4.98 Å². The third-order valence-electron chi connectivity index (χ3n) is 5.74. The van der Waals surface area contributed by atoms with E-state index in [1.807, 2.05) is 13.0 Å². The molecule has 2 atom stereocenters. The largest absolute Gasteiger partial charge is 0.396 e. The van der Waals surface area contributed by atoms with Crippen LogP contribution in [0, 0.1) is 25.7 Å². The molecule has 7 nitrogen and oxygen atoms in total. The Labute approximate surface area is 154 Å². The number of rotatable bonds is 5. The Morgan fingerprint density at radius 1 is 1.19 bits per heavy atom. The molecule has 3 heterocycles. The van der Waals surface area contributed by atoms with Gasteiger partial charge >= 0.3 is 5.69 Å². The number of nitrogens with zero attached hydrogens (tertiary/aromatic N) is 4. The van der Waals surface area contributed by atoms with Gasteiger partial charge in [-0.05, 0) is 51.8 Å². The first-order valence-electron chi connectivity index (χ1n) is 9.64. The van der Waals surface area contributed by atoms with Crippen LogP contribution in [0.15, 0.2) is 10.9 Å². The van der Waals surface area contributed by atoms with Crippen molar-refractivity contribution in [3.63, 3.8) is 0 Å². The number of aliphatic hydroxyl groups is 1. The molecule has 1 aromatic heterocycles. The molecule has 0 aromatic carbocycles. The summed E-state index contributed by atoms with van der Waals surface area (Å²) in [5.41, 5.74) is 1.04. The van der Waals surface area contributed by atoms with Gasteiger partial charge in [0.05, 0.1) is 0 Å². The van der Waals surface area contributed by atoms with Crippen molar-refractivity contribution in [1.29, 1.82) is 0 Å². The molecule has 0 bridgehead atoms. The summed E-state index contributed by atoms with van der Waals surface area (Å²) in [6, 6.07) is 1.81. The Balaban J connectivity index is 1.64. The predicted octanol–water partition coefficient (Wildman–Crippen LogP) is 0.413. The lowest BCUT2D eigenvalue weighted by atomic mass is 9.95. The van der Waals surface area contributed by atoms with Crippen LogP contribution in [-0.2, 0) is 11.3 Å². The minimum Gasteiger partial charge on any atom is -0.396 e. The van der Waals surface area contributed by atoms with E-state index >= 15 is 0 Å². The van der Waals surface area contributed by atoms with Gasteiger partial charge in [-0.3, -0.25) is 9.36 Å². The lowest BCUT2D eigenvalue weighted by Crippen LogP contribution is -2.38. The number of amides is 1. The van der Waals surface area contributed by atoms with Crippen LogP contribution < -0.4 is 5.69 Å². The molecule has 0 spiro atoms. The molecule has 0 saturated carbocycles. The monoisotopic (exact) mass is 362 g/mol. The van der Waals surface area contributed by atoms with Gasteiger partial charge < -0.3 is 14.9 Å². The van der Waals surface area contributed by atoms with E-state index < -0.39 is 0 Å². The Morgan fingerprint density at radius 2 is 1.88 bits per heavy atom. The fourth-order valence-corrected chi connectivity index (χ4v) is 4.23. The zero-order valence-electron chi connectivity index (χ0n) is 15.9. The van der Waals surface area contributed by atoms with Gasteiger partial charge in [0, 0.05) is 43.5 Å². The molecule has 144 valence electrons. The average molecular weight is 362 g/mol. The molecule has 1 amide bonds. The lowest BCUT2D eigenvalue weighted by Gasteiger charge is -2.30. The molecule has 0 unspecified atom stereocenters. The van der Waals surface area contributed by atoms with E-state index in [2.05, 4.69) is 9.88 Å². The van der Waals surface area contributed by atoms with Gasteiger partial charge in [-0.1, -0.05) is 6.42 Å². The van der Waals surface area contributed by atoms with Crippen LogP contribution in [0.5, 0.6) is 0 Å². The van der Waals surface area contributed by atoms with E-state index in [0.29, 0.717) is 24.7 Å². The van der Waals surface area contributed by atoms with Crippen LogP contribution in [0.3, 0.4) is 0 Å². The molecule has 2 aliphatic rings. The van der Waals surface area contributed by atoms with E-state index in [-0.39, 0.29) is 30.7 Å². The van der Waals surface area contributed by atoms with Gasteiger partial charge in [0.2, 0.25) is 5.91 Å². The number of hydrogen-bond donors (Lipinski definition) is 1. The van der Waals surface area contributed by atoms with Crippen LogP contribution in [0.25, 0.3) is 0 Å². The van der Waals surface area contributed by atoms with Crippen LogP contribution in [0.1, 0.15) is 30.7 Å². The number of piperidine rings is 1. The summed E-state index contributed by atoms with van der Waals surface area (Å²) >= 11 is 0. The first-order valence-corrected chi connectivity index (χ1v) is 9.64. The number of aliphatic hydroxyl groups excluding tert-OH is 1. The molecule has 0 aliphatic carbocycles. The number of carbonyl (C=O) groups is 1. The molecule has 3 rings (SSSR count). The van der Waals surface area contributed by atoms with E-state index in [9.17, 15) is 14.7 Å². The number of likely N-dealkylation sites (tertiary alicyclic amines) is 2. The standard InChI is InChI=1S/C19H30N4O3/c1-14-8-15(2)23(19(26)20-14)12-18(25)22-10-16(17(11-22)13-24)9-21-6-4-3-5-7-21/h8,16-17,24H,3-7,9-13H2,1-2H3/t16-,17-/m1/s1. The number of hydrogen-bond acceptors (Lipinski definition) is 5. The van der Waals surface area contributed by atoms with Gasteiger partial charge in [0.25, 0.3) is 0 Å². The summed E-state index contributed by atoms with van der Waals surface area (Å²) < 4.78 is 1.43. The van der Waals surface area contributed by atoms with Crippen molar-refractivity contribution < 1.29 is 9.90 Å². The van der Waals surface area contributed by atoms with Crippen LogP contribution >= 0.6 is 0 Å². The second-order valence-electron chi connectivity index (χ2n) is 7.77. The van der Waals surface area contributed by atoms with Crippen molar-refractivity contribution in [2.24, 2.45) is 11.8 Å². The minimum absolute atomic E-state index is 0.0204. The maximum absolute atomic E-state index is 12.7. The summed E-state index contributed by atoms with van der Waals surface area (Å²) in [4.78, 5) is 33.0. The van der Waals surface area contributed by atoms with E-state index in [0.717, 1.165) is 25.3 Å². The minimum atomic E-state index is -0.376. The summed E-state index contributed by atoms with van der Waals surface area (Å²) in [5.74, 6) is 0.353. The van der Waals surface area contributed by atoms with E-state index in [4.69, 9.17) is 0 Å². The van der Waals surface area contributed by atoms with Crippen LogP contribution in [0.4, 0.5) is 0 Å². The van der Waals surface area contributed by atoms with Gasteiger partial charge in [0.15, 0.2) is 0 Å². The molecule has 2 fully saturated rings. The second-order valence-corrected chi connectivity index (χ2v) is 7.77. The topological polar surface area (TPSA) is 78.7 Å². The van der Waals surface area contributed by atoms with Gasteiger partial charge in [-0.25, -0.2) is 4.79 Å². The van der Waals surface area contributed by atoms with E-state index in [1.54, 1.807) is 11.8 Å². The maximum atomic E-state index is 12.7. The normalized spacial score (nSPS) is 24.2. The number of carbonyl (C=O) groups excluding carboxylic acids is 1. The van der Waals surface area contributed by atoms with Gasteiger partial charge in [0.1, 0.15) is 6.54 Å². The number of aromatic nitrogens is 2. The molecule has 2 aliphatic heterocycles. The molecular weight excluding hydrogens is 332 g/mol. The molecule has 2 saturated heterocycles. The lowest BCUT2D eigenvalue weighted by molar-refractivity contribution is -0.131. The fraction of sp³-hybridized carbons (Fsp3) is 0.737. The highest BCUT2D eigenvalue weighted by Gasteiger charge is 2.36. The van der Waals surface area contributed by atoms with E-state index in [1.165, 1.54) is 23.8 Å². The van der Waals surface area contributed by atoms with Crippen molar-refractivity contribution in [2.45, 2.75) is 39.7 Å². The summed E-state index contributed by atoms with van der Waals surface area (Å²) in [5, 5.41) is 9.75. The van der Waals surface area contributed by atoms with Crippen molar-refractivity contribution in [3.8, 4) is 0 Å². The summed E-state index contributed by atoms with van der Waals surface area (Å²) in [7, 11) is 0. The fourth-order valence-electron chi connectivity index (χ4n) is 4.23. The SMILES string of the molecule is Cc1cc(C)n(CC(=O)N2C[C@@H](CN3CCCCC3)[C@@H](CO)C2)c(=O)n1. The molecule has 7 heteroatoms. The second kappa shape index (κ2) is 8.31. The Morgan fingerprint density at radius 3 is 2.54 bits per heavy atom. The quantitative estimate of drug-likeness (QED) is 0.821.